The van der Waals surface area contributed by atoms with E-state index < -0.39 is 0 Å². The van der Waals surface area contributed by atoms with Crippen LogP contribution in [0, 0.1) is 0 Å². The molecule has 0 saturated heterocycles. The van der Waals surface area contributed by atoms with Crippen molar-refractivity contribution in [1.29, 1.82) is 0 Å². The van der Waals surface area contributed by atoms with Crippen LogP contribution in [0.2, 0.25) is 5.02 Å². The molecule has 0 aliphatic carbocycles. The van der Waals surface area contributed by atoms with Gasteiger partial charge in [0, 0.05) is 17.6 Å². The Morgan fingerprint density at radius 1 is 1.24 bits per heavy atom. The Kier molecular flexibility index (Phi) is 5.85. The molecule has 2 rings (SSSR count). The molecule has 0 aliphatic heterocycles. The summed E-state index contributed by atoms with van der Waals surface area (Å²) in [5, 5.41) is 4.26. The number of hydrogen-bond acceptors (Lipinski definition) is 2. The summed E-state index contributed by atoms with van der Waals surface area (Å²) in [6.45, 7) is 7.10. The Hall–Kier alpha value is -1.77. The van der Waals surface area contributed by atoms with Crippen molar-refractivity contribution in [2.75, 3.05) is 6.61 Å². The van der Waals surface area contributed by atoms with Crippen LogP contribution in [0.3, 0.4) is 0 Å². The lowest BCUT2D eigenvalue weighted by Gasteiger charge is -2.15. The smallest absolute Gasteiger partial charge is 0.119 e. The van der Waals surface area contributed by atoms with Gasteiger partial charge in [0.05, 0.1) is 0 Å². The summed E-state index contributed by atoms with van der Waals surface area (Å²) in [6, 6.07) is 16.3. The monoisotopic (exact) mass is 301 g/mol. The molecule has 2 aromatic carbocycles. The first-order valence-corrected chi connectivity index (χ1v) is 7.38. The van der Waals surface area contributed by atoms with Crippen LogP contribution in [0.15, 0.2) is 61.2 Å². The number of hydrogen-bond donors (Lipinski definition) is 1. The quantitative estimate of drug-likeness (QED) is 0.745. The number of rotatable bonds is 7. The van der Waals surface area contributed by atoms with Gasteiger partial charge in [0.25, 0.3) is 0 Å². The van der Waals surface area contributed by atoms with Crippen molar-refractivity contribution in [2.24, 2.45) is 0 Å². The largest absolute Gasteiger partial charge is 0.490 e. The van der Waals surface area contributed by atoms with E-state index in [9.17, 15) is 0 Å². The highest BCUT2D eigenvalue weighted by atomic mass is 35.5. The van der Waals surface area contributed by atoms with Crippen molar-refractivity contribution in [1.82, 2.24) is 5.32 Å². The van der Waals surface area contributed by atoms with Crippen molar-refractivity contribution >= 4 is 11.6 Å². The SMILES string of the molecule is C=CCOc1ccc(CN[C@H](C)c2cccc(Cl)c2)cc1. The zero-order chi connectivity index (χ0) is 15.1. The van der Waals surface area contributed by atoms with Crippen LogP contribution >= 0.6 is 11.6 Å². The Labute approximate surface area is 131 Å². The van der Waals surface area contributed by atoms with Crippen LogP contribution < -0.4 is 10.1 Å². The fourth-order valence-electron chi connectivity index (χ4n) is 2.02. The molecule has 0 saturated carbocycles. The molecule has 0 unspecified atom stereocenters. The fraction of sp³-hybridized carbons (Fsp3) is 0.222. The van der Waals surface area contributed by atoms with Crippen LogP contribution in [0.5, 0.6) is 5.75 Å². The van der Waals surface area contributed by atoms with Gasteiger partial charge in [0.15, 0.2) is 0 Å². The number of nitrogens with one attached hydrogen (secondary N) is 1. The third-order valence-electron chi connectivity index (χ3n) is 3.25. The van der Waals surface area contributed by atoms with Crippen LogP contribution in [0.25, 0.3) is 0 Å². The molecule has 21 heavy (non-hydrogen) atoms. The van der Waals surface area contributed by atoms with Gasteiger partial charge < -0.3 is 10.1 Å². The van der Waals surface area contributed by atoms with Crippen molar-refractivity contribution in [2.45, 2.75) is 19.5 Å². The van der Waals surface area contributed by atoms with E-state index in [1.54, 1.807) is 6.08 Å². The van der Waals surface area contributed by atoms with Gasteiger partial charge in [-0.2, -0.15) is 0 Å². The zero-order valence-corrected chi connectivity index (χ0v) is 12.9. The van der Waals surface area contributed by atoms with Crippen molar-refractivity contribution in [3.05, 3.63) is 77.3 Å². The molecule has 2 nitrogen and oxygen atoms in total. The lowest BCUT2D eigenvalue weighted by Crippen LogP contribution is -2.17. The van der Waals surface area contributed by atoms with Gasteiger partial charge in [-0.25, -0.2) is 0 Å². The van der Waals surface area contributed by atoms with Crippen molar-refractivity contribution in [3.63, 3.8) is 0 Å². The van der Waals surface area contributed by atoms with E-state index in [-0.39, 0.29) is 6.04 Å². The Morgan fingerprint density at radius 3 is 2.67 bits per heavy atom. The summed E-state index contributed by atoms with van der Waals surface area (Å²) in [7, 11) is 0. The highest BCUT2D eigenvalue weighted by molar-refractivity contribution is 6.30. The second kappa shape index (κ2) is 7.87. The van der Waals surface area contributed by atoms with E-state index in [1.165, 1.54) is 11.1 Å². The summed E-state index contributed by atoms with van der Waals surface area (Å²) in [5.41, 5.74) is 2.41. The van der Waals surface area contributed by atoms with Crippen molar-refractivity contribution < 1.29 is 4.74 Å². The van der Waals surface area contributed by atoms with Gasteiger partial charge in [0.2, 0.25) is 0 Å². The summed E-state index contributed by atoms with van der Waals surface area (Å²) < 4.78 is 5.47. The Bertz CT molecular complexity index is 580. The molecule has 1 atom stereocenters. The van der Waals surface area contributed by atoms with Gasteiger partial charge in [0.1, 0.15) is 12.4 Å². The number of halogens is 1. The molecule has 0 radical (unpaired) electrons. The topological polar surface area (TPSA) is 21.3 Å². The lowest BCUT2D eigenvalue weighted by molar-refractivity contribution is 0.363. The summed E-state index contributed by atoms with van der Waals surface area (Å²) in [5.74, 6) is 0.863. The first-order chi connectivity index (χ1) is 10.2. The molecule has 0 heterocycles. The highest BCUT2D eigenvalue weighted by Gasteiger charge is 2.05. The molecule has 2 aromatic rings. The molecule has 0 spiro atoms. The highest BCUT2D eigenvalue weighted by Crippen LogP contribution is 2.18. The van der Waals surface area contributed by atoms with E-state index in [2.05, 4.69) is 37.0 Å². The minimum absolute atomic E-state index is 0.250. The first kappa shape index (κ1) is 15.6. The second-order valence-corrected chi connectivity index (χ2v) is 5.34. The van der Waals surface area contributed by atoms with E-state index in [1.807, 2.05) is 30.3 Å². The summed E-state index contributed by atoms with van der Waals surface area (Å²) >= 11 is 6.02. The third kappa shape index (κ3) is 4.92. The van der Waals surface area contributed by atoms with Crippen LogP contribution in [0.4, 0.5) is 0 Å². The standard InChI is InChI=1S/C18H20ClNO/c1-3-11-21-18-9-7-15(8-10-18)13-20-14(2)16-5-4-6-17(19)12-16/h3-10,12,14,20H,1,11,13H2,2H3/t14-/m1/s1. The summed E-state index contributed by atoms with van der Waals surface area (Å²) in [4.78, 5) is 0. The van der Waals surface area contributed by atoms with Gasteiger partial charge in [-0.3, -0.25) is 0 Å². The molecule has 1 N–H and O–H groups in total. The van der Waals surface area contributed by atoms with Gasteiger partial charge >= 0.3 is 0 Å². The molecular weight excluding hydrogens is 282 g/mol. The maximum atomic E-state index is 6.02. The Balaban J connectivity index is 1.89. The van der Waals surface area contributed by atoms with Crippen LogP contribution in [0.1, 0.15) is 24.1 Å². The van der Waals surface area contributed by atoms with E-state index in [4.69, 9.17) is 16.3 Å². The van der Waals surface area contributed by atoms with Gasteiger partial charge in [-0.1, -0.05) is 48.5 Å². The second-order valence-electron chi connectivity index (χ2n) is 4.90. The minimum atomic E-state index is 0.250. The maximum Gasteiger partial charge on any atom is 0.119 e. The normalized spacial score (nSPS) is 11.9. The summed E-state index contributed by atoms with van der Waals surface area (Å²) in [6.07, 6.45) is 1.74. The predicted octanol–water partition coefficient (Wildman–Crippen LogP) is 4.76. The lowest BCUT2D eigenvalue weighted by atomic mass is 10.1. The third-order valence-corrected chi connectivity index (χ3v) is 3.49. The molecule has 0 aliphatic rings. The molecule has 0 amide bonds. The molecule has 0 aromatic heterocycles. The van der Waals surface area contributed by atoms with Gasteiger partial charge in [-0.05, 0) is 42.3 Å². The van der Waals surface area contributed by atoms with E-state index >= 15 is 0 Å². The molecular formula is C18H20ClNO. The first-order valence-electron chi connectivity index (χ1n) is 7.00. The molecule has 0 bridgehead atoms. The van der Waals surface area contributed by atoms with E-state index in [0.717, 1.165) is 17.3 Å². The maximum absolute atomic E-state index is 6.02. The predicted molar refractivity (Wildman–Crippen MR) is 88.8 cm³/mol. The van der Waals surface area contributed by atoms with Crippen molar-refractivity contribution in [3.8, 4) is 5.75 Å². The number of ether oxygens (including phenoxy) is 1. The average Bonchev–Trinajstić information content (AvgIpc) is 2.51. The minimum Gasteiger partial charge on any atom is -0.490 e. The number of benzene rings is 2. The zero-order valence-electron chi connectivity index (χ0n) is 12.2. The average molecular weight is 302 g/mol. The van der Waals surface area contributed by atoms with Gasteiger partial charge in [-0.15, -0.1) is 0 Å². The Morgan fingerprint density at radius 2 is 2.00 bits per heavy atom. The molecule has 3 heteroatoms. The van der Waals surface area contributed by atoms with Crippen LogP contribution in [-0.2, 0) is 6.54 Å². The fourth-order valence-corrected chi connectivity index (χ4v) is 2.22. The molecule has 0 fully saturated rings. The van der Waals surface area contributed by atoms with Crippen LogP contribution in [-0.4, -0.2) is 6.61 Å². The molecule has 110 valence electrons. The van der Waals surface area contributed by atoms with E-state index in [0.29, 0.717) is 6.61 Å².